The highest BCUT2D eigenvalue weighted by Crippen LogP contribution is 2.30. The molecule has 1 aliphatic carbocycles. The lowest BCUT2D eigenvalue weighted by Gasteiger charge is -2.09. The molecule has 15 heavy (non-hydrogen) atoms. The minimum absolute atomic E-state index is 0.177. The monoisotopic (exact) mass is 419 g/mol. The molecular formula is C7H4Br3NO3S. The summed E-state index contributed by atoms with van der Waals surface area (Å²) in [6.07, 6.45) is 2.32. The first-order chi connectivity index (χ1) is 6.72. The van der Waals surface area contributed by atoms with E-state index in [2.05, 4.69) is 52.2 Å². The highest BCUT2D eigenvalue weighted by Gasteiger charge is 2.23. The molecule has 0 aromatic rings. The first-order valence-corrected chi connectivity index (χ1v) is 7.72. The van der Waals surface area contributed by atoms with Gasteiger partial charge in [0.1, 0.15) is 0 Å². The number of rotatable bonds is 1. The lowest BCUT2D eigenvalue weighted by Crippen LogP contribution is -2.12. The van der Waals surface area contributed by atoms with Gasteiger partial charge in [-0.3, -0.25) is 4.79 Å². The molecule has 82 valence electrons. The lowest BCUT2D eigenvalue weighted by molar-refractivity contribution is -0.110. The Morgan fingerprint density at radius 2 is 1.73 bits per heavy atom. The molecule has 0 aliphatic heterocycles. The SMILES string of the molecule is CS(=O)(=O)N=C1C=C(Br)C(=O)C(Br)=C1Br. The summed E-state index contributed by atoms with van der Waals surface area (Å²) in [5, 5.41) is 0. The maximum absolute atomic E-state index is 11.4. The summed E-state index contributed by atoms with van der Waals surface area (Å²) in [6.45, 7) is 0. The summed E-state index contributed by atoms with van der Waals surface area (Å²) < 4.78 is 26.2. The molecule has 4 nitrogen and oxygen atoms in total. The van der Waals surface area contributed by atoms with Crippen molar-refractivity contribution in [3.8, 4) is 0 Å². The number of allylic oxidation sites excluding steroid dienone is 4. The third kappa shape index (κ3) is 3.33. The molecule has 1 rings (SSSR count). The molecule has 0 fully saturated rings. The summed E-state index contributed by atoms with van der Waals surface area (Å²) in [4.78, 5) is 11.4. The standard InChI is InChI=1S/C7H4Br3NO3S/c1-15(13,14)11-4-2-3(8)7(12)6(10)5(4)9/h2H,1H3. The number of halogens is 3. The van der Waals surface area contributed by atoms with Gasteiger partial charge in [-0.2, -0.15) is 4.40 Å². The molecule has 0 radical (unpaired) electrons. The smallest absolute Gasteiger partial charge is 0.250 e. The number of nitrogens with zero attached hydrogens (tertiary/aromatic N) is 1. The zero-order chi connectivity index (χ0) is 11.8. The van der Waals surface area contributed by atoms with Crippen LogP contribution in [0, 0.1) is 0 Å². The molecule has 0 aromatic carbocycles. The number of hydrogen-bond acceptors (Lipinski definition) is 3. The van der Waals surface area contributed by atoms with Crippen LogP contribution in [0.15, 0.2) is 23.9 Å². The maximum atomic E-state index is 11.4. The van der Waals surface area contributed by atoms with Gasteiger partial charge in [-0.1, -0.05) is 0 Å². The summed E-state index contributed by atoms with van der Waals surface area (Å²) in [6, 6.07) is 0. The third-order valence-corrected chi connectivity index (χ3v) is 4.57. The number of carbonyl (C=O) groups is 1. The van der Waals surface area contributed by atoms with Gasteiger partial charge < -0.3 is 0 Å². The van der Waals surface area contributed by atoms with Crippen LogP contribution in [-0.2, 0) is 14.8 Å². The molecule has 0 saturated heterocycles. The zero-order valence-electron chi connectivity index (χ0n) is 7.29. The van der Waals surface area contributed by atoms with Crippen LogP contribution in [0.2, 0.25) is 0 Å². The molecule has 0 N–H and O–H groups in total. The normalized spacial score (nSPS) is 20.9. The van der Waals surface area contributed by atoms with E-state index in [-0.39, 0.29) is 20.5 Å². The molecule has 0 atom stereocenters. The molecule has 0 unspecified atom stereocenters. The Morgan fingerprint density at radius 1 is 1.20 bits per heavy atom. The number of sulfonamides is 1. The average molecular weight is 422 g/mol. The van der Waals surface area contributed by atoms with Gasteiger partial charge in [0.15, 0.2) is 0 Å². The first-order valence-electron chi connectivity index (χ1n) is 3.50. The fourth-order valence-corrected chi connectivity index (χ4v) is 2.91. The average Bonchev–Trinajstić information content (AvgIpc) is 2.08. The van der Waals surface area contributed by atoms with Gasteiger partial charge in [0, 0.05) is 0 Å². The van der Waals surface area contributed by atoms with E-state index in [4.69, 9.17) is 0 Å². The van der Waals surface area contributed by atoms with Crippen molar-refractivity contribution in [2.75, 3.05) is 6.26 Å². The van der Waals surface area contributed by atoms with E-state index in [9.17, 15) is 13.2 Å². The number of Topliss-reactive ketones (excluding diaryl/α,β-unsaturated/α-hetero) is 1. The highest BCUT2D eigenvalue weighted by atomic mass is 79.9. The van der Waals surface area contributed by atoms with Crippen LogP contribution in [0.25, 0.3) is 0 Å². The molecule has 8 heteroatoms. The van der Waals surface area contributed by atoms with E-state index < -0.39 is 10.0 Å². The minimum atomic E-state index is -3.49. The van der Waals surface area contributed by atoms with Gasteiger partial charge in [-0.05, 0) is 53.9 Å². The quantitative estimate of drug-likeness (QED) is 0.610. The van der Waals surface area contributed by atoms with Crippen LogP contribution < -0.4 is 0 Å². The van der Waals surface area contributed by atoms with Crippen molar-refractivity contribution in [1.82, 2.24) is 0 Å². The fourth-order valence-electron chi connectivity index (χ4n) is 0.811. The molecule has 1 aliphatic rings. The van der Waals surface area contributed by atoms with Gasteiger partial charge in [-0.15, -0.1) is 0 Å². The van der Waals surface area contributed by atoms with E-state index >= 15 is 0 Å². The van der Waals surface area contributed by atoms with E-state index in [1.165, 1.54) is 6.08 Å². The van der Waals surface area contributed by atoms with Crippen LogP contribution in [-0.4, -0.2) is 26.2 Å². The Bertz CT molecular complexity index is 516. The van der Waals surface area contributed by atoms with Crippen molar-refractivity contribution >= 4 is 69.3 Å². The lowest BCUT2D eigenvalue weighted by atomic mass is 10.2. The highest BCUT2D eigenvalue weighted by molar-refractivity contribution is 9.15. The molecule has 0 saturated carbocycles. The summed E-state index contributed by atoms with van der Waals surface area (Å²) in [7, 11) is -3.49. The van der Waals surface area contributed by atoms with Gasteiger partial charge in [0.05, 0.1) is 25.4 Å². The second-order valence-electron chi connectivity index (χ2n) is 2.66. The summed E-state index contributed by atoms with van der Waals surface area (Å²) >= 11 is 9.16. The van der Waals surface area contributed by atoms with Gasteiger partial charge in [-0.25, -0.2) is 8.42 Å². The zero-order valence-corrected chi connectivity index (χ0v) is 12.9. The van der Waals surface area contributed by atoms with E-state index in [0.29, 0.717) is 4.48 Å². The van der Waals surface area contributed by atoms with Gasteiger partial charge >= 0.3 is 0 Å². The second kappa shape index (κ2) is 4.60. The predicted octanol–water partition coefficient (Wildman–Crippen LogP) is 2.25. The van der Waals surface area contributed by atoms with Crippen LogP contribution in [0.5, 0.6) is 0 Å². The fraction of sp³-hybridized carbons (Fsp3) is 0.143. The van der Waals surface area contributed by atoms with Crippen molar-refractivity contribution in [3.63, 3.8) is 0 Å². The molecular weight excluding hydrogens is 418 g/mol. The molecule has 0 amide bonds. The van der Waals surface area contributed by atoms with Crippen molar-refractivity contribution < 1.29 is 13.2 Å². The van der Waals surface area contributed by atoms with E-state index in [1.54, 1.807) is 0 Å². The molecule has 0 heterocycles. The van der Waals surface area contributed by atoms with Gasteiger partial charge in [0.25, 0.3) is 10.0 Å². The summed E-state index contributed by atoms with van der Waals surface area (Å²) in [5.41, 5.74) is 0.177. The predicted molar refractivity (Wildman–Crippen MR) is 69.2 cm³/mol. The Labute approximate surface area is 112 Å². The Morgan fingerprint density at radius 3 is 2.20 bits per heavy atom. The largest absolute Gasteiger partial charge is 0.287 e. The maximum Gasteiger partial charge on any atom is 0.250 e. The molecule has 0 bridgehead atoms. The number of carbonyl (C=O) groups excluding carboxylic acids is 1. The topological polar surface area (TPSA) is 63.6 Å². The molecule has 0 aromatic heterocycles. The number of hydrogen-bond donors (Lipinski definition) is 0. The Kier molecular flexibility index (Phi) is 4.07. The van der Waals surface area contributed by atoms with E-state index in [0.717, 1.165) is 6.26 Å². The Balaban J connectivity index is 3.37. The van der Waals surface area contributed by atoms with Crippen LogP contribution in [0.4, 0.5) is 0 Å². The van der Waals surface area contributed by atoms with Crippen molar-refractivity contribution in [2.45, 2.75) is 0 Å². The molecule has 0 spiro atoms. The van der Waals surface area contributed by atoms with Crippen molar-refractivity contribution in [3.05, 3.63) is 19.5 Å². The van der Waals surface area contributed by atoms with Crippen molar-refractivity contribution in [1.29, 1.82) is 0 Å². The van der Waals surface area contributed by atoms with Crippen LogP contribution in [0.3, 0.4) is 0 Å². The van der Waals surface area contributed by atoms with E-state index in [1.807, 2.05) is 0 Å². The second-order valence-corrected chi connectivity index (χ2v) is 6.75. The van der Waals surface area contributed by atoms with Crippen LogP contribution >= 0.6 is 47.8 Å². The number of ketones is 1. The minimum Gasteiger partial charge on any atom is -0.287 e. The first kappa shape index (κ1) is 13.3. The van der Waals surface area contributed by atoms with Crippen LogP contribution in [0.1, 0.15) is 0 Å². The van der Waals surface area contributed by atoms with Gasteiger partial charge in [0.2, 0.25) is 5.78 Å². The Hall–Kier alpha value is 0.210. The third-order valence-electron chi connectivity index (χ3n) is 1.36. The summed E-state index contributed by atoms with van der Waals surface area (Å²) in [5.74, 6) is -0.269. The van der Waals surface area contributed by atoms with Crippen molar-refractivity contribution in [2.24, 2.45) is 4.40 Å².